The standard InChI is InChI=1S/C16H13N5O4/c1-25-14-4-2-11(8-13(14)21(23)24)16(22)19-12-3-5-15(18-9-12)20-7-6-17-10-20/h2-10H,1H3,(H,19,22). The number of hydrogen-bond donors (Lipinski definition) is 1. The Morgan fingerprint density at radius 2 is 2.16 bits per heavy atom. The molecule has 0 saturated heterocycles. The first kappa shape index (κ1) is 16.1. The van der Waals surface area contributed by atoms with Crippen LogP contribution in [0.1, 0.15) is 10.4 Å². The van der Waals surface area contributed by atoms with Gasteiger partial charge in [-0.15, -0.1) is 0 Å². The number of ether oxygens (including phenoxy) is 1. The molecule has 1 amide bonds. The Labute approximate surface area is 142 Å². The van der Waals surface area contributed by atoms with Crippen LogP contribution in [0.25, 0.3) is 5.82 Å². The normalized spacial score (nSPS) is 10.3. The van der Waals surface area contributed by atoms with Crippen molar-refractivity contribution in [2.75, 3.05) is 12.4 Å². The minimum absolute atomic E-state index is 0.0906. The molecule has 3 rings (SSSR count). The third kappa shape index (κ3) is 3.44. The van der Waals surface area contributed by atoms with E-state index in [4.69, 9.17) is 4.74 Å². The molecule has 126 valence electrons. The van der Waals surface area contributed by atoms with Gasteiger partial charge in [0.05, 0.1) is 23.9 Å². The van der Waals surface area contributed by atoms with Crippen LogP contribution in [0, 0.1) is 10.1 Å². The number of nitrogens with zero attached hydrogens (tertiary/aromatic N) is 4. The zero-order valence-electron chi connectivity index (χ0n) is 13.1. The summed E-state index contributed by atoms with van der Waals surface area (Å²) in [6.45, 7) is 0. The van der Waals surface area contributed by atoms with Crippen LogP contribution in [-0.2, 0) is 0 Å². The Kier molecular flexibility index (Phi) is 4.38. The summed E-state index contributed by atoms with van der Waals surface area (Å²) in [6.07, 6.45) is 6.48. The van der Waals surface area contributed by atoms with Crippen LogP contribution >= 0.6 is 0 Å². The van der Waals surface area contributed by atoms with Gasteiger partial charge in [-0.1, -0.05) is 0 Å². The number of aromatic nitrogens is 3. The van der Waals surface area contributed by atoms with Crippen molar-refractivity contribution < 1.29 is 14.5 Å². The van der Waals surface area contributed by atoms with E-state index in [1.807, 2.05) is 0 Å². The van der Waals surface area contributed by atoms with E-state index < -0.39 is 10.8 Å². The lowest BCUT2D eigenvalue weighted by atomic mass is 10.1. The lowest BCUT2D eigenvalue weighted by Crippen LogP contribution is -2.12. The van der Waals surface area contributed by atoms with Crippen molar-refractivity contribution in [2.24, 2.45) is 0 Å². The lowest BCUT2D eigenvalue weighted by molar-refractivity contribution is -0.385. The summed E-state index contributed by atoms with van der Waals surface area (Å²) in [5.74, 6) is 0.256. The molecule has 3 aromatic rings. The first-order chi connectivity index (χ1) is 12.1. The molecule has 0 aliphatic rings. The summed E-state index contributed by atoms with van der Waals surface area (Å²) >= 11 is 0. The minimum Gasteiger partial charge on any atom is -0.490 e. The molecule has 1 N–H and O–H groups in total. The summed E-state index contributed by atoms with van der Waals surface area (Å²) in [5.41, 5.74) is 0.335. The highest BCUT2D eigenvalue weighted by molar-refractivity contribution is 6.04. The van der Waals surface area contributed by atoms with Crippen molar-refractivity contribution in [1.29, 1.82) is 0 Å². The molecule has 0 radical (unpaired) electrons. The van der Waals surface area contributed by atoms with Gasteiger partial charge >= 0.3 is 5.69 Å². The van der Waals surface area contributed by atoms with E-state index in [0.29, 0.717) is 11.5 Å². The molecular formula is C16H13N5O4. The Morgan fingerprint density at radius 3 is 2.76 bits per heavy atom. The van der Waals surface area contributed by atoms with E-state index in [1.54, 1.807) is 35.4 Å². The summed E-state index contributed by atoms with van der Waals surface area (Å²) in [7, 11) is 1.33. The van der Waals surface area contributed by atoms with Gasteiger partial charge < -0.3 is 10.1 Å². The van der Waals surface area contributed by atoms with E-state index in [2.05, 4.69) is 15.3 Å². The molecule has 1 aromatic carbocycles. The number of amides is 1. The van der Waals surface area contributed by atoms with Gasteiger partial charge in [0.1, 0.15) is 12.1 Å². The van der Waals surface area contributed by atoms with Gasteiger partial charge in [0.2, 0.25) is 0 Å². The number of nitrogens with one attached hydrogen (secondary N) is 1. The monoisotopic (exact) mass is 339 g/mol. The fourth-order valence-corrected chi connectivity index (χ4v) is 2.18. The van der Waals surface area contributed by atoms with E-state index >= 15 is 0 Å². The lowest BCUT2D eigenvalue weighted by Gasteiger charge is -2.07. The molecule has 9 nitrogen and oxygen atoms in total. The van der Waals surface area contributed by atoms with Gasteiger partial charge in [0, 0.05) is 24.0 Å². The largest absolute Gasteiger partial charge is 0.490 e. The Balaban J connectivity index is 1.78. The first-order valence-electron chi connectivity index (χ1n) is 7.16. The van der Waals surface area contributed by atoms with Crippen LogP contribution in [0.2, 0.25) is 0 Å². The molecule has 25 heavy (non-hydrogen) atoms. The number of anilines is 1. The molecule has 0 unspecified atom stereocenters. The third-order valence-corrected chi connectivity index (χ3v) is 3.41. The van der Waals surface area contributed by atoms with Gasteiger partial charge in [0.15, 0.2) is 5.75 Å². The van der Waals surface area contributed by atoms with Crippen LogP contribution in [0.4, 0.5) is 11.4 Å². The van der Waals surface area contributed by atoms with Gasteiger partial charge in [-0.25, -0.2) is 9.97 Å². The van der Waals surface area contributed by atoms with Crippen LogP contribution in [0.3, 0.4) is 0 Å². The van der Waals surface area contributed by atoms with E-state index in [9.17, 15) is 14.9 Å². The number of nitro benzene ring substituents is 1. The van der Waals surface area contributed by atoms with Crippen LogP contribution in [0.15, 0.2) is 55.2 Å². The number of methoxy groups -OCH3 is 1. The van der Waals surface area contributed by atoms with Crippen LogP contribution in [-0.4, -0.2) is 32.5 Å². The molecule has 2 heterocycles. The highest BCUT2D eigenvalue weighted by Crippen LogP contribution is 2.27. The van der Waals surface area contributed by atoms with Crippen molar-refractivity contribution >= 4 is 17.3 Å². The fraction of sp³-hybridized carbons (Fsp3) is 0.0625. The molecule has 0 aliphatic heterocycles. The number of pyridine rings is 1. The molecular weight excluding hydrogens is 326 g/mol. The van der Waals surface area contributed by atoms with E-state index in [0.717, 1.165) is 0 Å². The molecule has 0 fully saturated rings. The molecule has 0 atom stereocenters. The molecule has 0 saturated carbocycles. The topological polar surface area (TPSA) is 112 Å². The average Bonchev–Trinajstić information content (AvgIpc) is 3.16. The van der Waals surface area contributed by atoms with Crippen molar-refractivity contribution in [1.82, 2.24) is 14.5 Å². The number of nitro groups is 1. The van der Waals surface area contributed by atoms with Gasteiger partial charge in [-0.2, -0.15) is 0 Å². The smallest absolute Gasteiger partial charge is 0.311 e. The number of carbonyl (C=O) groups excluding carboxylic acids is 1. The number of benzene rings is 1. The summed E-state index contributed by atoms with van der Waals surface area (Å²) < 4.78 is 6.64. The highest BCUT2D eigenvalue weighted by Gasteiger charge is 2.18. The van der Waals surface area contributed by atoms with Crippen molar-refractivity contribution in [2.45, 2.75) is 0 Å². The number of carbonyl (C=O) groups is 1. The predicted octanol–water partition coefficient (Wildman–Crippen LogP) is 2.44. The second kappa shape index (κ2) is 6.79. The van der Waals surface area contributed by atoms with Gasteiger partial charge in [-0.3, -0.25) is 19.5 Å². The zero-order valence-corrected chi connectivity index (χ0v) is 13.1. The summed E-state index contributed by atoms with van der Waals surface area (Å²) in [5, 5.41) is 13.7. The molecule has 0 aliphatic carbocycles. The minimum atomic E-state index is -0.600. The highest BCUT2D eigenvalue weighted by atomic mass is 16.6. The van der Waals surface area contributed by atoms with Crippen LogP contribution < -0.4 is 10.1 Å². The number of rotatable bonds is 5. The van der Waals surface area contributed by atoms with Crippen LogP contribution in [0.5, 0.6) is 5.75 Å². The summed E-state index contributed by atoms with van der Waals surface area (Å²) in [4.78, 5) is 30.9. The Bertz CT molecular complexity index is 907. The maximum Gasteiger partial charge on any atom is 0.311 e. The first-order valence-corrected chi connectivity index (χ1v) is 7.16. The third-order valence-electron chi connectivity index (χ3n) is 3.41. The van der Waals surface area contributed by atoms with Crippen molar-refractivity contribution in [3.05, 3.63) is 70.9 Å². The molecule has 2 aromatic heterocycles. The maximum atomic E-state index is 12.3. The molecule has 9 heteroatoms. The van der Waals surface area contributed by atoms with Crippen molar-refractivity contribution in [3.63, 3.8) is 0 Å². The number of hydrogen-bond acceptors (Lipinski definition) is 6. The zero-order chi connectivity index (χ0) is 17.8. The van der Waals surface area contributed by atoms with Gasteiger partial charge in [0.25, 0.3) is 5.91 Å². The average molecular weight is 339 g/mol. The van der Waals surface area contributed by atoms with E-state index in [1.165, 1.54) is 31.5 Å². The molecule has 0 bridgehead atoms. The van der Waals surface area contributed by atoms with Gasteiger partial charge in [-0.05, 0) is 24.3 Å². The van der Waals surface area contributed by atoms with E-state index in [-0.39, 0.29) is 17.0 Å². The SMILES string of the molecule is COc1ccc(C(=O)Nc2ccc(-n3ccnc3)nc2)cc1[N+](=O)[O-]. The second-order valence-corrected chi connectivity index (χ2v) is 4.97. The maximum absolute atomic E-state index is 12.3. The predicted molar refractivity (Wildman–Crippen MR) is 89.0 cm³/mol. The fourth-order valence-electron chi connectivity index (χ4n) is 2.18. The molecule has 0 spiro atoms. The quantitative estimate of drug-likeness (QED) is 0.564. The Hall–Kier alpha value is -3.75. The van der Waals surface area contributed by atoms with Crippen molar-refractivity contribution in [3.8, 4) is 11.6 Å². The second-order valence-electron chi connectivity index (χ2n) is 4.97. The summed E-state index contributed by atoms with van der Waals surface area (Å²) in [6, 6.07) is 7.40. The number of imidazole rings is 1. The Morgan fingerprint density at radius 1 is 1.32 bits per heavy atom.